The number of hydrogen-bond acceptors (Lipinski definition) is 5. The fraction of sp³-hybridized carbons (Fsp3) is 0.375. The molecular formula is C16H19BN2O3S. The standard InChI is InChI=1S/C16H19BN2O3S/c1-15(2)16(3,4)22-17(21-15)12-8-5-9-13(18-12)19-14(20)11-7-6-10-23-11/h5-10H,1-4H3,(H,18,19,20). The van der Waals surface area contributed by atoms with Gasteiger partial charge in [-0.2, -0.15) is 0 Å². The minimum atomic E-state index is -0.543. The molecule has 5 nitrogen and oxygen atoms in total. The molecule has 0 atom stereocenters. The fourth-order valence-corrected chi connectivity index (χ4v) is 2.82. The SMILES string of the molecule is CC1(C)OB(c2cccc(NC(=O)c3cccs3)n2)OC1(C)C. The number of anilines is 1. The van der Waals surface area contributed by atoms with Crippen molar-refractivity contribution in [2.24, 2.45) is 0 Å². The molecule has 1 aliphatic heterocycles. The lowest BCUT2D eigenvalue weighted by molar-refractivity contribution is 0.00578. The molecule has 0 radical (unpaired) electrons. The van der Waals surface area contributed by atoms with E-state index in [0.29, 0.717) is 16.3 Å². The second kappa shape index (κ2) is 5.74. The zero-order valence-corrected chi connectivity index (χ0v) is 14.4. The molecule has 1 saturated heterocycles. The van der Waals surface area contributed by atoms with Crippen molar-refractivity contribution >= 4 is 35.8 Å². The number of carbonyl (C=O) groups is 1. The molecule has 0 saturated carbocycles. The third-order valence-electron chi connectivity index (χ3n) is 4.25. The molecule has 2 aromatic rings. The maximum absolute atomic E-state index is 12.1. The Labute approximate surface area is 140 Å². The van der Waals surface area contributed by atoms with Gasteiger partial charge in [-0.1, -0.05) is 12.1 Å². The van der Waals surface area contributed by atoms with E-state index in [0.717, 1.165) is 0 Å². The first kappa shape index (κ1) is 16.2. The van der Waals surface area contributed by atoms with Gasteiger partial charge >= 0.3 is 7.12 Å². The van der Waals surface area contributed by atoms with Crippen molar-refractivity contribution in [2.45, 2.75) is 38.9 Å². The molecule has 2 aromatic heterocycles. The van der Waals surface area contributed by atoms with Gasteiger partial charge in [0.1, 0.15) is 5.82 Å². The van der Waals surface area contributed by atoms with Gasteiger partial charge in [0.2, 0.25) is 0 Å². The predicted molar refractivity (Wildman–Crippen MR) is 92.2 cm³/mol. The van der Waals surface area contributed by atoms with Crippen LogP contribution < -0.4 is 10.9 Å². The Morgan fingerprint density at radius 1 is 1.13 bits per heavy atom. The monoisotopic (exact) mass is 330 g/mol. The number of hydrogen-bond donors (Lipinski definition) is 1. The van der Waals surface area contributed by atoms with Crippen LogP contribution in [0.5, 0.6) is 0 Å². The first-order valence-electron chi connectivity index (χ1n) is 7.46. The molecule has 7 heteroatoms. The zero-order chi connectivity index (χ0) is 16.7. The lowest BCUT2D eigenvalue weighted by atomic mass is 9.84. The summed E-state index contributed by atoms with van der Waals surface area (Å²) in [6, 6.07) is 9.03. The molecule has 0 aliphatic carbocycles. The Kier molecular flexibility index (Phi) is 4.04. The van der Waals surface area contributed by atoms with Gasteiger partial charge in [0, 0.05) is 0 Å². The number of nitrogens with one attached hydrogen (secondary N) is 1. The molecule has 1 N–H and O–H groups in total. The fourth-order valence-electron chi connectivity index (χ4n) is 2.20. The van der Waals surface area contributed by atoms with E-state index in [1.54, 1.807) is 12.1 Å². The summed E-state index contributed by atoms with van der Waals surface area (Å²) in [4.78, 5) is 17.2. The summed E-state index contributed by atoms with van der Waals surface area (Å²) in [6.07, 6.45) is 0. The van der Waals surface area contributed by atoms with Gasteiger partial charge in [-0.15, -0.1) is 11.3 Å². The second-order valence-corrected chi connectivity index (χ2v) is 7.42. The van der Waals surface area contributed by atoms with Gasteiger partial charge in [0.25, 0.3) is 5.91 Å². The lowest BCUT2D eigenvalue weighted by Gasteiger charge is -2.32. The minimum absolute atomic E-state index is 0.168. The van der Waals surface area contributed by atoms with E-state index >= 15 is 0 Å². The number of aromatic nitrogens is 1. The second-order valence-electron chi connectivity index (χ2n) is 6.47. The Morgan fingerprint density at radius 3 is 2.43 bits per heavy atom. The topological polar surface area (TPSA) is 60.5 Å². The Morgan fingerprint density at radius 2 is 1.83 bits per heavy atom. The summed E-state index contributed by atoms with van der Waals surface area (Å²) in [5.41, 5.74) is -0.196. The van der Waals surface area contributed by atoms with Crippen LogP contribution in [0.15, 0.2) is 35.7 Å². The Hall–Kier alpha value is -1.70. The van der Waals surface area contributed by atoms with E-state index in [4.69, 9.17) is 9.31 Å². The highest BCUT2D eigenvalue weighted by molar-refractivity contribution is 7.12. The van der Waals surface area contributed by atoms with E-state index in [1.165, 1.54) is 11.3 Å². The molecule has 23 heavy (non-hydrogen) atoms. The largest absolute Gasteiger partial charge is 0.514 e. The highest BCUT2D eigenvalue weighted by Gasteiger charge is 2.52. The number of nitrogens with zero attached hydrogens (tertiary/aromatic N) is 1. The third kappa shape index (κ3) is 3.17. The van der Waals surface area contributed by atoms with E-state index in [1.807, 2.05) is 51.3 Å². The van der Waals surface area contributed by atoms with Crippen LogP contribution in [-0.4, -0.2) is 29.2 Å². The van der Waals surface area contributed by atoms with Crippen LogP contribution >= 0.6 is 11.3 Å². The molecular weight excluding hydrogens is 311 g/mol. The van der Waals surface area contributed by atoms with Crippen molar-refractivity contribution in [3.05, 3.63) is 40.6 Å². The summed E-state index contributed by atoms with van der Waals surface area (Å²) in [5, 5.41) is 4.66. The van der Waals surface area contributed by atoms with Gasteiger partial charge in [0.15, 0.2) is 0 Å². The summed E-state index contributed by atoms with van der Waals surface area (Å²) in [7, 11) is -0.543. The lowest BCUT2D eigenvalue weighted by Crippen LogP contribution is -2.41. The molecule has 0 spiro atoms. The van der Waals surface area contributed by atoms with Gasteiger partial charge in [-0.3, -0.25) is 4.79 Å². The number of thiophene rings is 1. The van der Waals surface area contributed by atoms with Crippen LogP contribution in [0.3, 0.4) is 0 Å². The van der Waals surface area contributed by atoms with Crippen LogP contribution in [0.1, 0.15) is 37.4 Å². The van der Waals surface area contributed by atoms with Crippen molar-refractivity contribution in [1.29, 1.82) is 0 Å². The Balaban J connectivity index is 1.77. The van der Waals surface area contributed by atoms with E-state index in [2.05, 4.69) is 10.3 Å². The van der Waals surface area contributed by atoms with Crippen molar-refractivity contribution in [2.75, 3.05) is 5.32 Å². The van der Waals surface area contributed by atoms with Crippen LogP contribution in [-0.2, 0) is 9.31 Å². The summed E-state index contributed by atoms with van der Waals surface area (Å²) in [5.74, 6) is 0.314. The highest BCUT2D eigenvalue weighted by atomic mass is 32.1. The van der Waals surface area contributed by atoms with Gasteiger partial charge < -0.3 is 14.6 Å². The number of rotatable bonds is 3. The first-order valence-corrected chi connectivity index (χ1v) is 8.34. The summed E-state index contributed by atoms with van der Waals surface area (Å²) < 4.78 is 12.0. The van der Waals surface area contributed by atoms with E-state index in [9.17, 15) is 4.79 Å². The average Bonchev–Trinajstić information content (AvgIpc) is 3.06. The van der Waals surface area contributed by atoms with E-state index in [-0.39, 0.29) is 5.91 Å². The van der Waals surface area contributed by atoms with Crippen molar-refractivity contribution in [3.63, 3.8) is 0 Å². The number of amides is 1. The molecule has 3 rings (SSSR count). The molecule has 1 fully saturated rings. The summed E-state index contributed by atoms with van der Waals surface area (Å²) in [6.45, 7) is 7.98. The maximum atomic E-state index is 12.1. The Bertz CT molecular complexity index is 700. The van der Waals surface area contributed by atoms with Gasteiger partial charge in [-0.05, 0) is 51.3 Å². The highest BCUT2D eigenvalue weighted by Crippen LogP contribution is 2.36. The maximum Gasteiger partial charge on any atom is 0.514 e. The summed E-state index contributed by atoms with van der Waals surface area (Å²) >= 11 is 1.39. The van der Waals surface area contributed by atoms with E-state index < -0.39 is 18.3 Å². The van der Waals surface area contributed by atoms with Crippen molar-refractivity contribution in [3.8, 4) is 0 Å². The molecule has 120 valence electrons. The molecule has 1 amide bonds. The van der Waals surface area contributed by atoms with Crippen LogP contribution in [0, 0.1) is 0 Å². The van der Waals surface area contributed by atoms with Crippen LogP contribution in [0.2, 0.25) is 0 Å². The normalized spacial score (nSPS) is 18.9. The number of pyridine rings is 1. The number of carbonyl (C=O) groups excluding carboxylic acids is 1. The zero-order valence-electron chi connectivity index (χ0n) is 13.6. The van der Waals surface area contributed by atoms with Crippen LogP contribution in [0.4, 0.5) is 5.82 Å². The van der Waals surface area contributed by atoms with Gasteiger partial charge in [0.05, 0.1) is 21.7 Å². The predicted octanol–water partition coefficient (Wildman–Crippen LogP) is 2.69. The molecule has 1 aliphatic rings. The quantitative estimate of drug-likeness (QED) is 0.879. The molecule has 0 aromatic carbocycles. The van der Waals surface area contributed by atoms with Crippen LogP contribution in [0.25, 0.3) is 0 Å². The van der Waals surface area contributed by atoms with Crippen molar-refractivity contribution < 1.29 is 14.1 Å². The molecule has 0 unspecified atom stereocenters. The first-order chi connectivity index (χ1) is 10.8. The smallest absolute Gasteiger partial charge is 0.398 e. The average molecular weight is 330 g/mol. The third-order valence-corrected chi connectivity index (χ3v) is 5.12. The molecule has 3 heterocycles. The van der Waals surface area contributed by atoms with Gasteiger partial charge in [-0.25, -0.2) is 4.98 Å². The minimum Gasteiger partial charge on any atom is -0.398 e. The molecule has 0 bridgehead atoms. The van der Waals surface area contributed by atoms with Crippen molar-refractivity contribution in [1.82, 2.24) is 4.98 Å².